The van der Waals surface area contributed by atoms with E-state index in [2.05, 4.69) is 9.98 Å². The first kappa shape index (κ1) is 24.0. The van der Waals surface area contributed by atoms with Crippen LogP contribution in [0.2, 0.25) is 0 Å². The second-order valence-corrected chi connectivity index (χ2v) is 8.21. The van der Waals surface area contributed by atoms with Gasteiger partial charge in [-0.1, -0.05) is 18.2 Å². The van der Waals surface area contributed by atoms with E-state index >= 15 is 0 Å². The number of sulfone groups is 1. The third-order valence-corrected chi connectivity index (χ3v) is 6.06. The van der Waals surface area contributed by atoms with Crippen molar-refractivity contribution in [1.29, 1.82) is 0 Å². The molecule has 12 heteroatoms. The number of hydrogen-bond acceptors (Lipinski definition) is 8. The Hall–Kier alpha value is -2.31. The van der Waals surface area contributed by atoms with E-state index in [4.69, 9.17) is 5.11 Å². The molecule has 1 fully saturated rings. The van der Waals surface area contributed by atoms with Gasteiger partial charge in [0.2, 0.25) is 0 Å². The van der Waals surface area contributed by atoms with Crippen LogP contribution in [0, 0.1) is 0 Å². The van der Waals surface area contributed by atoms with Gasteiger partial charge in [-0.15, -0.1) is 0 Å². The normalized spacial score (nSPS) is 22.0. The average Bonchev–Trinajstić information content (AvgIpc) is 2.68. The van der Waals surface area contributed by atoms with E-state index in [0.717, 1.165) is 12.2 Å². The number of nitrogens with zero attached hydrogens (tertiary/aromatic N) is 3. The summed E-state index contributed by atoms with van der Waals surface area (Å²) in [4.78, 5) is 32.5. The quantitative estimate of drug-likeness (QED) is 0.147. The molecule has 2 aliphatic heterocycles. The van der Waals surface area contributed by atoms with Gasteiger partial charge in [-0.2, -0.15) is 0 Å². The molecule has 30 heavy (non-hydrogen) atoms. The second kappa shape index (κ2) is 9.67. The molecule has 1 amide bonds. The van der Waals surface area contributed by atoms with E-state index in [1.807, 2.05) is 0 Å². The number of carboxylic acids is 1. The summed E-state index contributed by atoms with van der Waals surface area (Å²) in [5.41, 5.74) is -0.404. The minimum absolute atomic E-state index is 0. The van der Waals surface area contributed by atoms with Gasteiger partial charge in [0.15, 0.2) is 15.2 Å². The van der Waals surface area contributed by atoms with Gasteiger partial charge in [0.25, 0.3) is 5.91 Å². The summed E-state index contributed by atoms with van der Waals surface area (Å²) in [6.07, 6.45) is 4.72. The van der Waals surface area contributed by atoms with Gasteiger partial charge in [0, 0.05) is 6.20 Å². The maximum atomic E-state index is 12.7. The van der Waals surface area contributed by atoms with Gasteiger partial charge in [0.05, 0.1) is 30.2 Å². The Labute approximate surface area is 194 Å². The second-order valence-electron chi connectivity index (χ2n) is 6.14. The smallest absolute Gasteiger partial charge is 0.859 e. The molecule has 0 unspecified atom stereocenters. The van der Waals surface area contributed by atoms with Gasteiger partial charge in [-0.05, 0) is 29.7 Å². The minimum atomic E-state index is -3.95. The zero-order chi connectivity index (χ0) is 21.2. The monoisotopic (exact) mass is 441 g/mol. The van der Waals surface area contributed by atoms with Crippen LogP contribution in [0.4, 0.5) is 0 Å². The molecule has 3 rings (SSSR count). The first-order chi connectivity index (χ1) is 13.8. The Morgan fingerprint density at radius 2 is 2.13 bits per heavy atom. The van der Waals surface area contributed by atoms with Crippen LogP contribution in [0.5, 0.6) is 0 Å². The van der Waals surface area contributed by atoms with Crippen molar-refractivity contribution in [2.24, 2.45) is 4.99 Å². The number of aliphatic hydroxyl groups excluding tert-OH is 1. The Morgan fingerprint density at radius 3 is 2.73 bits per heavy atom. The third-order valence-electron chi connectivity index (χ3n) is 4.20. The van der Waals surface area contributed by atoms with Crippen molar-refractivity contribution in [3.8, 4) is 0 Å². The summed E-state index contributed by atoms with van der Waals surface area (Å²) < 4.78 is 25.5. The number of aliphatic imine (C=N–C) groups is 1. The molecule has 0 spiro atoms. The molecular weight excluding hydrogens is 425 g/mol. The molecule has 0 saturated carbocycles. The Kier molecular flexibility index (Phi) is 7.72. The van der Waals surface area contributed by atoms with Gasteiger partial charge in [-0.3, -0.25) is 19.7 Å². The average molecular weight is 441 g/mol. The predicted molar refractivity (Wildman–Crippen MR) is 99.8 cm³/mol. The molecule has 0 radical (unpaired) electrons. The number of carboxylic acid groups (broad SMARTS) is 1. The number of hydrogen-bond donors (Lipinski definition) is 2. The maximum absolute atomic E-state index is 12.7. The largest absolute Gasteiger partial charge is 1.00 e. The van der Waals surface area contributed by atoms with Crippen LogP contribution in [0.25, 0.3) is 6.08 Å². The number of β-lactam (4-membered cyclic amide) rings is 1. The van der Waals surface area contributed by atoms with Crippen LogP contribution in [0.1, 0.15) is 5.69 Å². The summed E-state index contributed by atoms with van der Waals surface area (Å²) in [7, 11) is -3.95. The standard InChI is InChI=1S/C18H17N3O7S.Na/c22-8-7-20-14(23)5-4-11-10-29(27,28)17-13(9-12-3-1-2-6-19-12)16(24)21(17)15(11)18(25)26;/h1-6,9,17,22H,7-8,10H2,(H,20,23)(H,25,26);/q;+1/p-1/b5-4+,13-9+;/t17-;/m1./s1. The van der Waals surface area contributed by atoms with Crippen molar-refractivity contribution >= 4 is 33.7 Å². The van der Waals surface area contributed by atoms with Crippen molar-refractivity contribution < 1.29 is 62.9 Å². The van der Waals surface area contributed by atoms with E-state index in [9.17, 15) is 28.2 Å². The van der Waals surface area contributed by atoms with Crippen molar-refractivity contribution in [1.82, 2.24) is 9.88 Å². The number of carbonyl (C=O) groups excluding carboxylic acids is 1. The van der Waals surface area contributed by atoms with E-state index < -0.39 is 44.4 Å². The summed E-state index contributed by atoms with van der Waals surface area (Å²) in [6, 6.07) is 4.91. The number of amides is 1. The minimum Gasteiger partial charge on any atom is -0.859 e. The van der Waals surface area contributed by atoms with Crippen LogP contribution >= 0.6 is 0 Å². The Balaban J connectivity index is 0.00000320. The first-order valence-corrected chi connectivity index (χ1v) is 10.1. The molecule has 1 aromatic heterocycles. The van der Waals surface area contributed by atoms with Crippen LogP contribution in [0.15, 0.2) is 58.4 Å². The fourth-order valence-electron chi connectivity index (χ4n) is 3.02. The molecule has 1 saturated heterocycles. The molecule has 2 N–H and O–H groups in total. The van der Waals surface area contributed by atoms with E-state index in [1.54, 1.807) is 18.2 Å². The molecule has 0 bridgehead atoms. The van der Waals surface area contributed by atoms with E-state index in [1.165, 1.54) is 12.3 Å². The van der Waals surface area contributed by atoms with E-state index in [-0.39, 0.29) is 53.9 Å². The summed E-state index contributed by atoms with van der Waals surface area (Å²) in [6.45, 7) is -0.479. The number of aliphatic carboxylic acids is 1. The van der Waals surface area contributed by atoms with Gasteiger partial charge in [0.1, 0.15) is 5.70 Å². The summed E-state index contributed by atoms with van der Waals surface area (Å²) >= 11 is 0. The summed E-state index contributed by atoms with van der Waals surface area (Å²) in [5.74, 6) is -3.67. The number of carbonyl (C=O) groups is 2. The molecule has 0 aromatic carbocycles. The number of aliphatic hydroxyl groups is 1. The number of pyridine rings is 1. The third kappa shape index (κ3) is 4.71. The van der Waals surface area contributed by atoms with Crippen molar-refractivity contribution in [3.05, 3.63) is 59.1 Å². The molecular formula is C18H16N3NaO7S. The predicted octanol–water partition coefficient (Wildman–Crippen LogP) is -4.29. The van der Waals surface area contributed by atoms with Gasteiger partial charge >= 0.3 is 35.5 Å². The van der Waals surface area contributed by atoms with Gasteiger partial charge in [-0.25, -0.2) is 13.2 Å². The SMILES string of the molecule is O=C(O)C1=C(/C=C/C([O-])=NCCO)CS(=O)(=O)[C@@H]2/C(=C/c3ccccn3)C(=O)N12.[Na+]. The van der Waals surface area contributed by atoms with Crippen LogP contribution in [0.3, 0.4) is 0 Å². The number of rotatable bonds is 6. The number of fused-ring (bicyclic) bond motifs is 1. The molecule has 152 valence electrons. The molecule has 1 atom stereocenters. The Morgan fingerprint density at radius 1 is 1.40 bits per heavy atom. The van der Waals surface area contributed by atoms with Crippen LogP contribution in [-0.4, -0.2) is 70.6 Å². The van der Waals surface area contributed by atoms with Crippen molar-refractivity contribution in [3.63, 3.8) is 0 Å². The van der Waals surface area contributed by atoms with Gasteiger partial charge < -0.3 is 15.3 Å². The molecule has 1 aromatic rings. The maximum Gasteiger partial charge on any atom is 1.00 e. The topological polar surface area (TPSA) is 160 Å². The Bertz CT molecular complexity index is 1080. The zero-order valence-electron chi connectivity index (χ0n) is 15.9. The summed E-state index contributed by atoms with van der Waals surface area (Å²) in [5, 5.41) is 28.4. The molecule has 2 aliphatic rings. The van der Waals surface area contributed by atoms with Crippen molar-refractivity contribution in [2.75, 3.05) is 18.9 Å². The fourth-order valence-corrected chi connectivity index (χ4v) is 4.92. The number of aromatic nitrogens is 1. The zero-order valence-corrected chi connectivity index (χ0v) is 18.7. The van der Waals surface area contributed by atoms with Crippen LogP contribution in [-0.2, 0) is 19.4 Å². The molecule has 10 nitrogen and oxygen atoms in total. The fraction of sp³-hybridized carbons (Fsp3) is 0.222. The number of allylic oxidation sites excluding steroid dienone is 1. The van der Waals surface area contributed by atoms with E-state index in [0.29, 0.717) is 10.6 Å². The molecule has 0 aliphatic carbocycles. The van der Waals surface area contributed by atoms with Crippen LogP contribution < -0.4 is 34.7 Å². The molecule has 3 heterocycles. The van der Waals surface area contributed by atoms with Crippen molar-refractivity contribution in [2.45, 2.75) is 5.37 Å². The first-order valence-electron chi connectivity index (χ1n) is 8.41.